The van der Waals surface area contributed by atoms with Gasteiger partial charge in [0.25, 0.3) is 16.9 Å². The van der Waals surface area contributed by atoms with Crippen LogP contribution in [0.1, 0.15) is 0 Å². The van der Waals surface area contributed by atoms with Gasteiger partial charge in [-0.2, -0.15) is 0 Å². The molecule has 3 N–H and O–H groups in total. The highest BCUT2D eigenvalue weighted by molar-refractivity contribution is 7.75. The standard InChI is InChI=1S/C12H14N3O3P3/c16-15-20(17-11-7-3-1-4-8-11)13-19-14-21(15)18-12-9-5-2-6-10-12/h1-10,13-14,16,19H. The zero-order chi connectivity index (χ0) is 14.5. The average molecular weight is 341 g/mol. The van der Waals surface area contributed by atoms with Gasteiger partial charge in [-0.3, -0.25) is 5.21 Å². The Kier molecular flexibility index (Phi) is 5.34. The highest BCUT2D eigenvalue weighted by Gasteiger charge is 2.35. The van der Waals surface area contributed by atoms with E-state index in [1.54, 1.807) is 0 Å². The molecule has 2 aromatic rings. The van der Waals surface area contributed by atoms with Gasteiger partial charge in [-0.25, -0.2) is 9.72 Å². The summed E-state index contributed by atoms with van der Waals surface area (Å²) in [6.07, 6.45) is 0. The Balaban J connectivity index is 1.64. The third-order valence-electron chi connectivity index (χ3n) is 2.50. The predicted octanol–water partition coefficient (Wildman–Crippen LogP) is 3.99. The SMILES string of the molecule is ON1P(Oc2ccccc2)NPNP1Oc1ccccc1. The van der Waals surface area contributed by atoms with Crippen LogP contribution in [0.4, 0.5) is 0 Å². The van der Waals surface area contributed by atoms with Gasteiger partial charge >= 0.3 is 0 Å². The molecule has 1 aliphatic heterocycles. The van der Waals surface area contributed by atoms with E-state index in [1.165, 1.54) is 0 Å². The molecular weight excluding hydrogens is 327 g/mol. The van der Waals surface area contributed by atoms with E-state index in [4.69, 9.17) is 9.05 Å². The average Bonchev–Trinajstić information content (AvgIpc) is 2.53. The van der Waals surface area contributed by atoms with Gasteiger partial charge in [-0.1, -0.05) is 36.4 Å². The molecule has 21 heavy (non-hydrogen) atoms. The predicted molar refractivity (Wildman–Crippen MR) is 86.2 cm³/mol. The fourth-order valence-corrected chi connectivity index (χ4v) is 6.46. The monoisotopic (exact) mass is 341 g/mol. The number of hydrogen-bond acceptors (Lipinski definition) is 6. The van der Waals surface area contributed by atoms with E-state index >= 15 is 0 Å². The minimum atomic E-state index is -1.35. The van der Waals surface area contributed by atoms with Crippen molar-refractivity contribution in [1.29, 1.82) is 0 Å². The molecule has 0 radical (unpaired) electrons. The van der Waals surface area contributed by atoms with Gasteiger partial charge in [-0.15, -0.1) is 0 Å². The van der Waals surface area contributed by atoms with Crippen molar-refractivity contribution in [2.45, 2.75) is 0 Å². The summed E-state index contributed by atoms with van der Waals surface area (Å²) in [5.41, 5.74) is 0. The van der Waals surface area contributed by atoms with Gasteiger partial charge in [0.05, 0.1) is 0 Å². The second-order valence-corrected chi connectivity index (χ2v) is 8.54. The van der Waals surface area contributed by atoms with Gasteiger partial charge in [0.15, 0.2) is 0 Å². The molecule has 2 atom stereocenters. The summed E-state index contributed by atoms with van der Waals surface area (Å²) in [5.74, 6) is 1.41. The van der Waals surface area contributed by atoms with E-state index in [9.17, 15) is 5.21 Å². The van der Waals surface area contributed by atoms with Crippen molar-refractivity contribution in [2.24, 2.45) is 0 Å². The van der Waals surface area contributed by atoms with E-state index in [-0.39, 0.29) is 8.88 Å². The maximum atomic E-state index is 10.3. The molecule has 0 amide bonds. The Morgan fingerprint density at radius 2 is 1.24 bits per heavy atom. The van der Waals surface area contributed by atoms with Gasteiger partial charge in [0, 0.05) is 8.88 Å². The first-order valence-corrected chi connectivity index (χ1v) is 9.57. The van der Waals surface area contributed by atoms with Crippen molar-refractivity contribution < 1.29 is 14.3 Å². The van der Waals surface area contributed by atoms with Crippen molar-refractivity contribution in [1.82, 2.24) is 14.3 Å². The van der Waals surface area contributed by atoms with Gasteiger partial charge in [-0.05, 0) is 28.9 Å². The van der Waals surface area contributed by atoms with Crippen molar-refractivity contribution in [3.05, 3.63) is 60.7 Å². The van der Waals surface area contributed by atoms with Crippen LogP contribution in [0, 0.1) is 0 Å². The summed E-state index contributed by atoms with van der Waals surface area (Å²) in [5, 5.41) is 10.3. The fraction of sp³-hybridized carbons (Fsp3) is 0. The first-order chi connectivity index (χ1) is 10.3. The van der Waals surface area contributed by atoms with Crippen LogP contribution in [-0.4, -0.2) is 9.81 Å². The van der Waals surface area contributed by atoms with E-state index in [1.807, 2.05) is 60.7 Å². The largest absolute Gasteiger partial charge is 0.443 e. The molecule has 0 spiro atoms. The summed E-state index contributed by atoms with van der Waals surface area (Å²) in [6.45, 7) is 0. The number of benzene rings is 2. The topological polar surface area (TPSA) is 66.0 Å². The molecule has 3 rings (SSSR count). The van der Waals surface area contributed by atoms with Gasteiger partial charge < -0.3 is 9.05 Å². The maximum Gasteiger partial charge on any atom is 0.282 e. The van der Waals surface area contributed by atoms with Crippen molar-refractivity contribution in [3.8, 4) is 11.5 Å². The number of nitrogens with zero attached hydrogens (tertiary/aromatic N) is 1. The second kappa shape index (κ2) is 7.44. The third-order valence-corrected chi connectivity index (χ3v) is 7.32. The van der Waals surface area contributed by atoms with Crippen LogP contribution in [0.2, 0.25) is 0 Å². The summed E-state index contributed by atoms with van der Waals surface area (Å²) in [7, 11) is -2.45. The lowest BCUT2D eigenvalue weighted by atomic mass is 10.3. The molecule has 9 heteroatoms. The Morgan fingerprint density at radius 3 is 1.67 bits per heavy atom. The minimum absolute atomic E-state index is 0.258. The summed E-state index contributed by atoms with van der Waals surface area (Å²) in [4.78, 5) is 6.21. The molecule has 0 aliphatic carbocycles. The molecule has 2 aromatic carbocycles. The van der Waals surface area contributed by atoms with E-state index < -0.39 is 16.9 Å². The lowest BCUT2D eigenvalue weighted by Gasteiger charge is -2.34. The summed E-state index contributed by atoms with van der Waals surface area (Å²) < 4.78 is 12.6. The summed E-state index contributed by atoms with van der Waals surface area (Å²) >= 11 is 0. The number of rotatable bonds is 4. The molecule has 1 aliphatic rings. The molecule has 6 nitrogen and oxygen atoms in total. The van der Waals surface area contributed by atoms with Gasteiger partial charge in [0.2, 0.25) is 0 Å². The third kappa shape index (κ3) is 4.09. The van der Waals surface area contributed by atoms with Crippen LogP contribution in [0.25, 0.3) is 0 Å². The first kappa shape index (κ1) is 15.1. The maximum absolute atomic E-state index is 10.3. The lowest BCUT2D eigenvalue weighted by Crippen LogP contribution is -2.28. The highest BCUT2D eigenvalue weighted by Crippen LogP contribution is 2.58. The van der Waals surface area contributed by atoms with E-state index in [0.29, 0.717) is 11.5 Å². The van der Waals surface area contributed by atoms with Crippen LogP contribution < -0.4 is 18.8 Å². The number of hydrogen-bond donors (Lipinski definition) is 3. The zero-order valence-corrected chi connectivity index (χ0v) is 13.7. The highest BCUT2D eigenvalue weighted by atomic mass is 31.3. The molecule has 110 valence electrons. The quantitative estimate of drug-likeness (QED) is 0.731. The Hall–Kier alpha value is -0.830. The zero-order valence-electron chi connectivity index (χ0n) is 10.9. The molecular formula is C12H14N3O3P3. The summed E-state index contributed by atoms with van der Waals surface area (Å²) in [6, 6.07) is 18.8. The molecule has 1 heterocycles. The van der Waals surface area contributed by atoms with Crippen LogP contribution in [0.5, 0.6) is 11.5 Å². The smallest absolute Gasteiger partial charge is 0.282 e. The van der Waals surface area contributed by atoms with Crippen LogP contribution in [0.3, 0.4) is 0 Å². The number of nitrogens with one attached hydrogen (secondary N) is 2. The molecule has 1 saturated heterocycles. The lowest BCUT2D eigenvalue weighted by molar-refractivity contribution is 0.0860. The number of para-hydroxylation sites is 2. The molecule has 0 aromatic heterocycles. The molecule has 0 bridgehead atoms. The normalized spacial score (nSPS) is 23.9. The van der Waals surface area contributed by atoms with Crippen LogP contribution >= 0.6 is 25.8 Å². The molecule has 2 unspecified atom stereocenters. The van der Waals surface area contributed by atoms with Gasteiger partial charge in [0.1, 0.15) is 11.5 Å². The van der Waals surface area contributed by atoms with Crippen molar-refractivity contribution >= 4 is 25.8 Å². The van der Waals surface area contributed by atoms with Crippen LogP contribution in [-0.2, 0) is 0 Å². The van der Waals surface area contributed by atoms with Crippen LogP contribution in [0.15, 0.2) is 60.7 Å². The first-order valence-electron chi connectivity index (χ1n) is 6.14. The van der Waals surface area contributed by atoms with Crippen molar-refractivity contribution in [3.63, 3.8) is 0 Å². The Bertz CT molecular complexity index is 514. The van der Waals surface area contributed by atoms with Crippen molar-refractivity contribution in [2.75, 3.05) is 0 Å². The fourth-order valence-electron chi connectivity index (χ4n) is 1.56. The minimum Gasteiger partial charge on any atom is -0.443 e. The van der Waals surface area contributed by atoms with E-state index in [0.717, 1.165) is 4.60 Å². The molecule has 1 fully saturated rings. The Labute approximate surface area is 127 Å². The second-order valence-electron chi connectivity index (χ2n) is 3.97. The van der Waals surface area contributed by atoms with E-state index in [2.05, 4.69) is 9.72 Å². The Morgan fingerprint density at radius 1 is 0.810 bits per heavy atom. The molecule has 0 saturated carbocycles.